The Hall–Kier alpha value is -3.05. The number of rotatable bonds is 5. The minimum absolute atomic E-state index is 0.0739. The van der Waals surface area contributed by atoms with E-state index in [4.69, 9.17) is 51.3 Å². The monoisotopic (exact) mass is 460 g/mol. The maximum absolute atomic E-state index is 13.1. The molecule has 1 fully saturated rings. The number of halogens is 2. The molecular weight excluding hydrogens is 447 g/mol. The number of thiocarbonyl (C=S) groups is 1. The third-order valence-electron chi connectivity index (χ3n) is 4.08. The van der Waals surface area contributed by atoms with Crippen molar-refractivity contribution in [1.29, 1.82) is 0 Å². The number of terminal acetylenes is 1. The number of hydrogen-bond donors (Lipinski definition) is 1. The van der Waals surface area contributed by atoms with E-state index in [9.17, 15) is 9.59 Å². The lowest BCUT2D eigenvalue weighted by Gasteiger charge is -2.29. The molecule has 1 saturated heterocycles. The van der Waals surface area contributed by atoms with Gasteiger partial charge in [-0.15, -0.1) is 6.42 Å². The summed E-state index contributed by atoms with van der Waals surface area (Å²) >= 11 is 17.5. The second kappa shape index (κ2) is 9.18. The van der Waals surface area contributed by atoms with Gasteiger partial charge in [0.15, 0.2) is 16.6 Å². The molecule has 0 bridgehead atoms. The first-order valence-electron chi connectivity index (χ1n) is 8.47. The van der Waals surface area contributed by atoms with Gasteiger partial charge in [-0.3, -0.25) is 19.8 Å². The van der Waals surface area contributed by atoms with E-state index in [1.54, 1.807) is 36.4 Å². The molecule has 0 atom stereocenters. The molecule has 1 aliphatic heterocycles. The molecule has 2 aromatic rings. The van der Waals surface area contributed by atoms with Crippen LogP contribution in [0.1, 0.15) is 5.56 Å². The van der Waals surface area contributed by atoms with Crippen LogP contribution in [0.25, 0.3) is 6.08 Å². The molecular formula is C21H14Cl2N2O4S. The van der Waals surface area contributed by atoms with Crippen molar-refractivity contribution in [3.05, 3.63) is 57.6 Å². The Labute approximate surface area is 188 Å². The number of ether oxygens (including phenoxy) is 2. The highest BCUT2D eigenvalue weighted by molar-refractivity contribution is 7.80. The van der Waals surface area contributed by atoms with Gasteiger partial charge in [-0.05, 0) is 48.1 Å². The highest BCUT2D eigenvalue weighted by Crippen LogP contribution is 2.35. The van der Waals surface area contributed by atoms with Gasteiger partial charge >= 0.3 is 0 Å². The SMILES string of the molecule is C#CCOc1ccc(C=C2C(=O)NC(=S)N(c3cccc(Cl)c3Cl)C2=O)cc1OC. The molecule has 6 nitrogen and oxygen atoms in total. The van der Waals surface area contributed by atoms with E-state index in [1.165, 1.54) is 13.2 Å². The molecule has 0 unspecified atom stereocenters. The zero-order valence-corrected chi connectivity index (χ0v) is 17.9. The first kappa shape index (κ1) is 21.7. The van der Waals surface area contributed by atoms with Crippen LogP contribution in [0.3, 0.4) is 0 Å². The molecule has 1 aliphatic rings. The van der Waals surface area contributed by atoms with Gasteiger partial charge in [0.1, 0.15) is 12.2 Å². The van der Waals surface area contributed by atoms with Crippen LogP contribution >= 0.6 is 35.4 Å². The Morgan fingerprint density at radius 2 is 2.00 bits per heavy atom. The van der Waals surface area contributed by atoms with Gasteiger partial charge in [-0.2, -0.15) is 0 Å². The molecule has 1 heterocycles. The Morgan fingerprint density at radius 3 is 2.70 bits per heavy atom. The molecule has 152 valence electrons. The lowest BCUT2D eigenvalue weighted by Crippen LogP contribution is -2.54. The van der Waals surface area contributed by atoms with Crippen molar-refractivity contribution < 1.29 is 19.1 Å². The molecule has 1 N–H and O–H groups in total. The summed E-state index contributed by atoms with van der Waals surface area (Å²) < 4.78 is 10.7. The Balaban J connectivity index is 2.01. The maximum atomic E-state index is 13.1. The predicted octanol–water partition coefficient (Wildman–Crippen LogP) is 3.85. The van der Waals surface area contributed by atoms with E-state index >= 15 is 0 Å². The number of hydrogen-bond acceptors (Lipinski definition) is 5. The van der Waals surface area contributed by atoms with Crippen LogP contribution in [-0.4, -0.2) is 30.6 Å². The van der Waals surface area contributed by atoms with E-state index in [1.807, 2.05) is 0 Å². The minimum Gasteiger partial charge on any atom is -0.493 e. The van der Waals surface area contributed by atoms with Crippen LogP contribution in [0.2, 0.25) is 10.0 Å². The fraction of sp³-hybridized carbons (Fsp3) is 0.0952. The zero-order chi connectivity index (χ0) is 21.8. The lowest BCUT2D eigenvalue weighted by molar-refractivity contribution is -0.122. The van der Waals surface area contributed by atoms with Crippen LogP contribution in [0.4, 0.5) is 5.69 Å². The first-order valence-corrected chi connectivity index (χ1v) is 9.63. The second-order valence-corrected chi connectivity index (χ2v) is 7.11. The number of carbonyl (C=O) groups is 2. The number of carbonyl (C=O) groups excluding carboxylic acids is 2. The van der Waals surface area contributed by atoms with Crippen LogP contribution in [0.15, 0.2) is 42.0 Å². The van der Waals surface area contributed by atoms with E-state index in [-0.39, 0.29) is 33.0 Å². The van der Waals surface area contributed by atoms with Crippen LogP contribution in [0, 0.1) is 12.3 Å². The summed E-state index contributed by atoms with van der Waals surface area (Å²) in [5.41, 5.74) is 0.656. The molecule has 30 heavy (non-hydrogen) atoms. The summed E-state index contributed by atoms with van der Waals surface area (Å²) in [5.74, 6) is 1.93. The molecule has 9 heteroatoms. The standard InChI is InChI=1S/C21H14Cl2N2O4S/c1-3-9-29-16-8-7-12(11-17(16)28-2)10-13-19(26)24-21(30)25(20(13)27)15-6-4-5-14(22)18(15)23/h1,4-8,10-11H,9H2,2H3,(H,24,26,30). The summed E-state index contributed by atoms with van der Waals surface area (Å²) in [4.78, 5) is 26.7. The van der Waals surface area contributed by atoms with Gasteiger partial charge < -0.3 is 9.47 Å². The van der Waals surface area contributed by atoms with Crippen molar-refractivity contribution in [3.8, 4) is 23.8 Å². The Morgan fingerprint density at radius 1 is 1.23 bits per heavy atom. The fourth-order valence-corrected chi connectivity index (χ4v) is 3.37. The molecule has 3 rings (SSSR count). The van der Waals surface area contributed by atoms with Gasteiger partial charge in [-0.1, -0.05) is 41.3 Å². The first-order chi connectivity index (χ1) is 14.4. The Kier molecular flexibility index (Phi) is 6.63. The third-order valence-corrected chi connectivity index (χ3v) is 5.18. The van der Waals surface area contributed by atoms with E-state index < -0.39 is 11.8 Å². The number of anilines is 1. The van der Waals surface area contributed by atoms with Crippen LogP contribution < -0.4 is 19.7 Å². The molecule has 0 aromatic heterocycles. The zero-order valence-electron chi connectivity index (χ0n) is 15.6. The molecule has 2 amide bonds. The molecule has 2 aromatic carbocycles. The smallest absolute Gasteiger partial charge is 0.270 e. The van der Waals surface area contributed by atoms with E-state index in [2.05, 4.69) is 11.2 Å². The third kappa shape index (κ3) is 4.26. The summed E-state index contributed by atoms with van der Waals surface area (Å²) in [5, 5.41) is 2.79. The highest BCUT2D eigenvalue weighted by Gasteiger charge is 2.35. The van der Waals surface area contributed by atoms with Crippen molar-refractivity contribution in [1.82, 2.24) is 5.32 Å². The largest absolute Gasteiger partial charge is 0.493 e. The summed E-state index contributed by atoms with van der Waals surface area (Å²) in [6.45, 7) is 0.0739. The number of nitrogens with zero attached hydrogens (tertiary/aromatic N) is 1. The number of amides is 2. The average molecular weight is 461 g/mol. The summed E-state index contributed by atoms with van der Waals surface area (Å²) in [7, 11) is 1.47. The molecule has 0 aliphatic carbocycles. The van der Waals surface area contributed by atoms with Crippen molar-refractivity contribution >= 4 is 64.1 Å². The van der Waals surface area contributed by atoms with Crippen molar-refractivity contribution in [2.24, 2.45) is 0 Å². The predicted molar refractivity (Wildman–Crippen MR) is 120 cm³/mol. The maximum Gasteiger partial charge on any atom is 0.270 e. The van der Waals surface area contributed by atoms with Gasteiger partial charge in [0, 0.05) is 0 Å². The molecule has 0 spiro atoms. The van der Waals surface area contributed by atoms with Gasteiger partial charge in [0.2, 0.25) is 0 Å². The summed E-state index contributed by atoms with van der Waals surface area (Å²) in [6, 6.07) is 9.68. The average Bonchev–Trinajstić information content (AvgIpc) is 2.72. The quantitative estimate of drug-likeness (QED) is 0.317. The minimum atomic E-state index is -0.639. The van der Waals surface area contributed by atoms with E-state index in [0.29, 0.717) is 17.1 Å². The normalized spacial score (nSPS) is 15.1. The lowest BCUT2D eigenvalue weighted by atomic mass is 10.1. The van der Waals surface area contributed by atoms with Crippen molar-refractivity contribution in [3.63, 3.8) is 0 Å². The van der Waals surface area contributed by atoms with Crippen LogP contribution in [0.5, 0.6) is 11.5 Å². The molecule has 0 saturated carbocycles. The van der Waals surface area contributed by atoms with E-state index in [0.717, 1.165) is 4.90 Å². The summed E-state index contributed by atoms with van der Waals surface area (Å²) in [6.07, 6.45) is 6.62. The van der Waals surface area contributed by atoms with Crippen molar-refractivity contribution in [2.75, 3.05) is 18.6 Å². The molecule has 0 radical (unpaired) electrons. The van der Waals surface area contributed by atoms with Crippen LogP contribution in [-0.2, 0) is 9.59 Å². The highest BCUT2D eigenvalue weighted by atomic mass is 35.5. The topological polar surface area (TPSA) is 67.9 Å². The van der Waals surface area contributed by atoms with Gasteiger partial charge in [0.05, 0.1) is 22.8 Å². The van der Waals surface area contributed by atoms with Gasteiger partial charge in [0.25, 0.3) is 11.8 Å². The second-order valence-electron chi connectivity index (χ2n) is 5.93. The number of benzene rings is 2. The van der Waals surface area contributed by atoms with Gasteiger partial charge in [-0.25, -0.2) is 0 Å². The number of methoxy groups -OCH3 is 1. The number of nitrogens with one attached hydrogen (secondary N) is 1. The Bertz CT molecular complexity index is 1120. The fourth-order valence-electron chi connectivity index (χ4n) is 2.72. The van der Waals surface area contributed by atoms with Crippen molar-refractivity contribution in [2.45, 2.75) is 0 Å².